The first-order chi connectivity index (χ1) is 13.7. The van der Waals surface area contributed by atoms with Crippen LogP contribution >= 0.6 is 0 Å². The van der Waals surface area contributed by atoms with Gasteiger partial charge in [-0.05, 0) is 65.1 Å². The second-order valence-corrected chi connectivity index (χ2v) is 8.88. The number of nitrogens with zero attached hydrogens (tertiary/aromatic N) is 1. The predicted molar refractivity (Wildman–Crippen MR) is 120 cm³/mol. The lowest BCUT2D eigenvalue weighted by atomic mass is 9.63. The molecule has 0 fully saturated rings. The lowest BCUT2D eigenvalue weighted by molar-refractivity contribution is 0.0600. The van der Waals surface area contributed by atoms with Crippen LogP contribution in [0.5, 0.6) is 5.75 Å². The van der Waals surface area contributed by atoms with Crippen LogP contribution in [0.15, 0.2) is 47.6 Å². The molecule has 0 spiro atoms. The fourth-order valence-electron chi connectivity index (χ4n) is 3.89. The number of oxime groups is 1. The van der Waals surface area contributed by atoms with Crippen LogP contribution in [0.3, 0.4) is 0 Å². The first kappa shape index (κ1) is 23.5. The normalized spacial score (nSPS) is 16.8. The number of carbonyl (C=O) groups excluding carboxylic acids is 1. The molecule has 3 rings (SSSR count). The molecule has 0 heterocycles. The molecule has 2 aromatic rings. The summed E-state index contributed by atoms with van der Waals surface area (Å²) >= 11 is 0. The molecule has 0 unspecified atom stereocenters. The van der Waals surface area contributed by atoms with Crippen molar-refractivity contribution in [2.75, 3.05) is 13.7 Å². The molecule has 5 heteroatoms. The number of ether oxygens (including phenoxy) is 2. The summed E-state index contributed by atoms with van der Waals surface area (Å²) < 4.78 is 10.5. The van der Waals surface area contributed by atoms with Gasteiger partial charge >= 0.3 is 5.97 Å². The van der Waals surface area contributed by atoms with Crippen LogP contribution in [0.25, 0.3) is 0 Å². The Morgan fingerprint density at radius 2 is 1.53 bits per heavy atom. The van der Waals surface area contributed by atoms with Crippen LogP contribution in [0.1, 0.15) is 75.0 Å². The summed E-state index contributed by atoms with van der Waals surface area (Å²) in [5.41, 5.74) is 4.63. The first-order valence-electron chi connectivity index (χ1n) is 9.85. The van der Waals surface area contributed by atoms with E-state index in [2.05, 4.69) is 45.0 Å². The van der Waals surface area contributed by atoms with Gasteiger partial charge in [-0.15, -0.1) is 0 Å². The molecule has 0 atom stereocenters. The van der Waals surface area contributed by atoms with Crippen molar-refractivity contribution in [2.24, 2.45) is 5.16 Å². The van der Waals surface area contributed by atoms with Crippen LogP contribution < -0.4 is 4.74 Å². The van der Waals surface area contributed by atoms with Gasteiger partial charge < -0.3 is 14.7 Å². The predicted octanol–water partition coefficient (Wildman–Crippen LogP) is 5.72. The average molecular weight is 412 g/mol. The summed E-state index contributed by atoms with van der Waals surface area (Å²) in [7, 11) is 1.34. The Kier molecular flexibility index (Phi) is 6.96. The number of benzene rings is 2. The van der Waals surface area contributed by atoms with E-state index in [1.165, 1.54) is 18.2 Å². The molecule has 5 nitrogen and oxygen atoms in total. The highest BCUT2D eigenvalue weighted by atomic mass is 16.5. The van der Waals surface area contributed by atoms with Crippen LogP contribution in [0, 0.1) is 0 Å². The molecule has 0 saturated carbocycles. The van der Waals surface area contributed by atoms with E-state index in [1.54, 1.807) is 24.3 Å². The third kappa shape index (κ3) is 4.66. The van der Waals surface area contributed by atoms with Crippen molar-refractivity contribution in [3.63, 3.8) is 0 Å². The largest absolute Gasteiger partial charge is 0.487 e. The minimum atomic E-state index is -0.395. The lowest BCUT2D eigenvalue weighted by Gasteiger charge is -2.42. The summed E-state index contributed by atoms with van der Waals surface area (Å²) in [4.78, 5) is 11.5. The third-order valence-corrected chi connectivity index (χ3v) is 5.96. The van der Waals surface area contributed by atoms with Crippen LogP contribution in [0.2, 0.25) is 0 Å². The van der Waals surface area contributed by atoms with E-state index >= 15 is 0 Å². The second-order valence-electron chi connectivity index (χ2n) is 8.88. The zero-order valence-corrected chi connectivity index (χ0v) is 17.8. The molecular formula is C25H33NO4. The van der Waals surface area contributed by atoms with E-state index in [9.17, 15) is 10.0 Å². The van der Waals surface area contributed by atoms with Gasteiger partial charge in [0.15, 0.2) is 0 Å². The Morgan fingerprint density at radius 1 is 0.967 bits per heavy atom. The minimum absolute atomic E-state index is 0. The quantitative estimate of drug-likeness (QED) is 0.296. The topological polar surface area (TPSA) is 68.1 Å². The maximum Gasteiger partial charge on any atom is 0.337 e. The first-order valence-corrected chi connectivity index (χ1v) is 9.85. The average Bonchev–Trinajstić information content (AvgIpc) is 2.72. The van der Waals surface area contributed by atoms with Gasteiger partial charge in [-0.3, -0.25) is 0 Å². The van der Waals surface area contributed by atoms with Gasteiger partial charge in [-0.2, -0.15) is 0 Å². The Bertz CT molecular complexity index is 927. The molecule has 162 valence electrons. The molecule has 0 radical (unpaired) electrons. The smallest absolute Gasteiger partial charge is 0.337 e. The monoisotopic (exact) mass is 411 g/mol. The second kappa shape index (κ2) is 8.90. The van der Waals surface area contributed by atoms with Gasteiger partial charge in [-0.25, -0.2) is 4.79 Å². The highest BCUT2D eigenvalue weighted by Gasteiger charge is 2.37. The number of methoxy groups -OCH3 is 1. The van der Waals surface area contributed by atoms with Gasteiger partial charge in [0.2, 0.25) is 0 Å². The van der Waals surface area contributed by atoms with E-state index in [-0.39, 0.29) is 24.9 Å². The SMILES string of the molecule is C.COC(=O)c1ccc(OC/C(=N\O)c2ccc3c(c2)C(C)(C)CCC3(C)C)cc1. The Morgan fingerprint density at radius 3 is 2.10 bits per heavy atom. The maximum atomic E-state index is 11.5. The number of fused-ring (bicyclic) bond motifs is 1. The van der Waals surface area contributed by atoms with Gasteiger partial charge in [0.25, 0.3) is 0 Å². The van der Waals surface area contributed by atoms with Crippen LogP contribution in [0.4, 0.5) is 0 Å². The summed E-state index contributed by atoms with van der Waals surface area (Å²) in [5.74, 6) is 0.187. The molecule has 0 saturated heterocycles. The molecule has 1 aliphatic carbocycles. The van der Waals surface area contributed by atoms with Crippen LogP contribution in [-0.4, -0.2) is 30.6 Å². The molecule has 30 heavy (non-hydrogen) atoms. The number of hydrogen-bond acceptors (Lipinski definition) is 5. The zero-order chi connectivity index (χ0) is 21.2. The molecule has 0 aromatic heterocycles. The number of rotatable bonds is 5. The van der Waals surface area contributed by atoms with Crippen molar-refractivity contribution >= 4 is 11.7 Å². The molecule has 1 N–H and O–H groups in total. The Hall–Kier alpha value is -2.82. The minimum Gasteiger partial charge on any atom is -0.487 e. The Balaban J connectivity index is 0.00000320. The van der Waals surface area contributed by atoms with Gasteiger partial charge in [0.1, 0.15) is 18.1 Å². The van der Waals surface area contributed by atoms with E-state index in [0.717, 1.165) is 18.4 Å². The molecule has 0 bridgehead atoms. The highest BCUT2D eigenvalue weighted by Crippen LogP contribution is 2.45. The van der Waals surface area contributed by atoms with E-state index in [1.807, 2.05) is 6.07 Å². The van der Waals surface area contributed by atoms with Gasteiger partial charge in [0, 0.05) is 5.56 Å². The Labute approximate surface area is 179 Å². The number of carbonyl (C=O) groups is 1. The summed E-state index contributed by atoms with van der Waals surface area (Å²) in [5, 5.41) is 13.1. The highest BCUT2D eigenvalue weighted by molar-refractivity contribution is 6.01. The summed E-state index contributed by atoms with van der Waals surface area (Å²) in [6, 6.07) is 13.0. The molecule has 0 amide bonds. The zero-order valence-electron chi connectivity index (χ0n) is 17.8. The number of hydrogen-bond donors (Lipinski definition) is 1. The summed E-state index contributed by atoms with van der Waals surface area (Å²) in [6.45, 7) is 9.21. The van der Waals surface area contributed by atoms with Crippen molar-refractivity contribution < 1.29 is 19.5 Å². The molecule has 1 aliphatic rings. The number of esters is 1. The molecule has 0 aliphatic heterocycles. The van der Waals surface area contributed by atoms with Crippen molar-refractivity contribution in [2.45, 2.75) is 58.8 Å². The van der Waals surface area contributed by atoms with Crippen molar-refractivity contribution in [1.29, 1.82) is 0 Å². The van der Waals surface area contributed by atoms with Gasteiger partial charge in [0.05, 0.1) is 12.7 Å². The van der Waals surface area contributed by atoms with Crippen molar-refractivity contribution in [3.8, 4) is 5.75 Å². The summed E-state index contributed by atoms with van der Waals surface area (Å²) in [6.07, 6.45) is 2.27. The fraction of sp³-hybridized carbons (Fsp3) is 0.440. The van der Waals surface area contributed by atoms with Crippen LogP contribution in [-0.2, 0) is 15.6 Å². The van der Waals surface area contributed by atoms with E-state index in [0.29, 0.717) is 17.0 Å². The molecule has 2 aromatic carbocycles. The van der Waals surface area contributed by atoms with Crippen molar-refractivity contribution in [1.82, 2.24) is 0 Å². The third-order valence-electron chi connectivity index (χ3n) is 5.96. The van der Waals surface area contributed by atoms with Gasteiger partial charge in [-0.1, -0.05) is 52.4 Å². The standard InChI is InChI=1S/C24H29NO4.CH4/c1-23(2)12-13-24(3,4)20-14-17(8-11-19(20)23)21(25-27)15-29-18-9-6-16(7-10-18)22(26)28-5;/h6-11,14,27H,12-13,15H2,1-5H3;1H4/b25-21+;. The fourth-order valence-corrected chi connectivity index (χ4v) is 3.89. The van der Waals surface area contributed by atoms with E-state index < -0.39 is 5.97 Å². The maximum absolute atomic E-state index is 11.5. The molecular weight excluding hydrogens is 378 g/mol. The lowest BCUT2D eigenvalue weighted by Crippen LogP contribution is -2.34. The van der Waals surface area contributed by atoms with Crippen molar-refractivity contribution in [3.05, 3.63) is 64.7 Å². The van der Waals surface area contributed by atoms with E-state index in [4.69, 9.17) is 9.47 Å².